The van der Waals surface area contributed by atoms with Crippen LogP contribution in [0.4, 0.5) is 11.4 Å². The number of anilines is 2. The number of thiocarbonyl (C=S) groups is 1. The third-order valence-electron chi connectivity index (χ3n) is 4.56. The van der Waals surface area contributed by atoms with Gasteiger partial charge in [-0.05, 0) is 54.1 Å². The number of hydrogen-bond donors (Lipinski definition) is 1. The number of halogens is 2. The van der Waals surface area contributed by atoms with Crippen molar-refractivity contribution in [1.29, 1.82) is 0 Å². The van der Waals surface area contributed by atoms with Crippen molar-refractivity contribution in [1.82, 2.24) is 0 Å². The summed E-state index contributed by atoms with van der Waals surface area (Å²) in [5, 5.41) is 3.50. The summed E-state index contributed by atoms with van der Waals surface area (Å²) in [4.78, 5) is 27.0. The van der Waals surface area contributed by atoms with Crippen molar-refractivity contribution in [3.8, 4) is 5.75 Å². The predicted octanol–water partition coefficient (Wildman–Crippen LogP) is 6.42. The molecule has 5 nitrogen and oxygen atoms in total. The number of amides is 2. The number of carbonyl (C=O) groups is 2. The predicted molar refractivity (Wildman–Crippen MR) is 139 cm³/mol. The number of para-hydroxylation sites is 1. The summed E-state index contributed by atoms with van der Waals surface area (Å²) in [5.74, 6) is 0.00304. The monoisotopic (exact) mass is 514 g/mol. The molecule has 33 heavy (non-hydrogen) atoms. The van der Waals surface area contributed by atoms with Gasteiger partial charge in [0, 0.05) is 5.02 Å². The standard InChI is InChI=1S/C24H16Cl2N2O3S2/c25-16-8-11-20(19(26)13-16)27-22(29)14-31-18-9-6-15(7-10-18)12-21-23(30)28(24(32)33-21)17-4-2-1-3-5-17/h1-13H,14H2,(H,27,29)/b21-12-. The maximum Gasteiger partial charge on any atom is 0.270 e. The molecule has 1 fully saturated rings. The van der Waals surface area contributed by atoms with Crippen LogP contribution in [0.3, 0.4) is 0 Å². The van der Waals surface area contributed by atoms with Gasteiger partial charge in [0.1, 0.15) is 5.75 Å². The average molecular weight is 515 g/mol. The summed E-state index contributed by atoms with van der Waals surface area (Å²) in [6.07, 6.45) is 1.78. The topological polar surface area (TPSA) is 58.6 Å². The fourth-order valence-electron chi connectivity index (χ4n) is 3.01. The Morgan fingerprint density at radius 2 is 1.79 bits per heavy atom. The maximum atomic E-state index is 12.8. The molecule has 0 spiro atoms. The Kier molecular flexibility index (Phi) is 7.35. The summed E-state index contributed by atoms with van der Waals surface area (Å²) < 4.78 is 6.03. The van der Waals surface area contributed by atoms with Gasteiger partial charge in [-0.15, -0.1) is 0 Å². The zero-order valence-electron chi connectivity index (χ0n) is 17.0. The summed E-state index contributed by atoms with van der Waals surface area (Å²) in [5.41, 5.74) is 2.01. The van der Waals surface area contributed by atoms with Gasteiger partial charge in [-0.25, -0.2) is 0 Å². The lowest BCUT2D eigenvalue weighted by molar-refractivity contribution is -0.118. The molecule has 9 heteroatoms. The lowest BCUT2D eigenvalue weighted by Gasteiger charge is -2.13. The molecule has 3 aromatic rings. The average Bonchev–Trinajstić information content (AvgIpc) is 3.08. The van der Waals surface area contributed by atoms with Crippen LogP contribution in [-0.2, 0) is 9.59 Å². The van der Waals surface area contributed by atoms with Gasteiger partial charge < -0.3 is 10.1 Å². The first-order valence-electron chi connectivity index (χ1n) is 9.71. The first-order valence-corrected chi connectivity index (χ1v) is 11.7. The normalized spacial score (nSPS) is 14.6. The van der Waals surface area contributed by atoms with Gasteiger partial charge in [-0.1, -0.05) is 77.5 Å². The Morgan fingerprint density at radius 3 is 2.48 bits per heavy atom. The Balaban J connectivity index is 1.36. The van der Waals surface area contributed by atoms with Crippen molar-refractivity contribution in [2.75, 3.05) is 16.8 Å². The van der Waals surface area contributed by atoms with Gasteiger partial charge >= 0.3 is 0 Å². The van der Waals surface area contributed by atoms with Crippen molar-refractivity contribution in [3.05, 3.63) is 93.3 Å². The van der Waals surface area contributed by atoms with E-state index in [0.29, 0.717) is 30.7 Å². The fraction of sp³-hybridized carbons (Fsp3) is 0.0417. The second kappa shape index (κ2) is 10.4. The van der Waals surface area contributed by atoms with E-state index in [1.165, 1.54) is 16.7 Å². The van der Waals surface area contributed by atoms with E-state index < -0.39 is 0 Å². The van der Waals surface area contributed by atoms with E-state index in [0.717, 1.165) is 11.3 Å². The molecule has 4 rings (SSSR count). The minimum Gasteiger partial charge on any atom is -0.484 e. The van der Waals surface area contributed by atoms with Crippen molar-refractivity contribution in [3.63, 3.8) is 0 Å². The molecule has 0 unspecified atom stereocenters. The van der Waals surface area contributed by atoms with Crippen molar-refractivity contribution in [2.24, 2.45) is 0 Å². The number of ether oxygens (including phenoxy) is 1. The summed E-state index contributed by atoms with van der Waals surface area (Å²) in [6.45, 7) is -0.186. The van der Waals surface area contributed by atoms with Crippen LogP contribution in [0.15, 0.2) is 77.7 Å². The highest BCUT2D eigenvalue weighted by Gasteiger charge is 2.33. The van der Waals surface area contributed by atoms with E-state index in [4.69, 9.17) is 40.2 Å². The summed E-state index contributed by atoms with van der Waals surface area (Å²) >= 11 is 18.6. The van der Waals surface area contributed by atoms with Crippen LogP contribution in [0.25, 0.3) is 6.08 Å². The molecule has 1 heterocycles. The second-order valence-electron chi connectivity index (χ2n) is 6.88. The number of hydrogen-bond acceptors (Lipinski definition) is 5. The van der Waals surface area contributed by atoms with Gasteiger partial charge in [0.05, 0.1) is 21.3 Å². The quantitative estimate of drug-likeness (QED) is 0.304. The lowest BCUT2D eigenvalue weighted by Crippen LogP contribution is -2.27. The van der Waals surface area contributed by atoms with Gasteiger partial charge in [0.2, 0.25) is 0 Å². The van der Waals surface area contributed by atoms with E-state index in [9.17, 15) is 9.59 Å². The summed E-state index contributed by atoms with van der Waals surface area (Å²) in [7, 11) is 0. The molecular formula is C24H16Cl2N2O3S2. The maximum absolute atomic E-state index is 12.8. The molecule has 0 aromatic heterocycles. The summed E-state index contributed by atoms with van der Waals surface area (Å²) in [6, 6.07) is 21.2. The van der Waals surface area contributed by atoms with Crippen LogP contribution in [0.2, 0.25) is 10.0 Å². The van der Waals surface area contributed by atoms with Crippen molar-refractivity contribution >= 4 is 80.8 Å². The number of benzene rings is 3. The smallest absolute Gasteiger partial charge is 0.270 e. The zero-order chi connectivity index (χ0) is 23.4. The molecule has 166 valence electrons. The minimum atomic E-state index is -0.354. The molecule has 1 aliphatic heterocycles. The fourth-order valence-corrected chi connectivity index (χ4v) is 4.76. The van der Waals surface area contributed by atoms with Crippen LogP contribution in [0.1, 0.15) is 5.56 Å². The Labute approximate surface area is 210 Å². The van der Waals surface area contributed by atoms with Crippen LogP contribution in [0.5, 0.6) is 5.75 Å². The highest BCUT2D eigenvalue weighted by molar-refractivity contribution is 8.27. The molecule has 0 atom stereocenters. The van der Waals surface area contributed by atoms with E-state index in [2.05, 4.69) is 5.32 Å². The highest BCUT2D eigenvalue weighted by atomic mass is 35.5. The van der Waals surface area contributed by atoms with E-state index in [-0.39, 0.29) is 18.4 Å². The van der Waals surface area contributed by atoms with Crippen molar-refractivity contribution < 1.29 is 14.3 Å². The van der Waals surface area contributed by atoms with Crippen LogP contribution in [0, 0.1) is 0 Å². The number of rotatable bonds is 6. The number of carbonyl (C=O) groups excluding carboxylic acids is 2. The lowest BCUT2D eigenvalue weighted by atomic mass is 10.2. The highest BCUT2D eigenvalue weighted by Crippen LogP contribution is 2.36. The van der Waals surface area contributed by atoms with Gasteiger partial charge in [-0.2, -0.15) is 0 Å². The van der Waals surface area contributed by atoms with E-state index in [1.807, 2.05) is 30.3 Å². The molecule has 1 aliphatic rings. The molecule has 3 aromatic carbocycles. The number of nitrogens with one attached hydrogen (secondary N) is 1. The first kappa shape index (κ1) is 23.3. The molecule has 0 bridgehead atoms. The molecule has 1 saturated heterocycles. The van der Waals surface area contributed by atoms with Gasteiger partial charge in [0.25, 0.3) is 11.8 Å². The molecule has 0 radical (unpaired) electrons. The Hall–Kier alpha value is -2.84. The van der Waals surface area contributed by atoms with Gasteiger partial charge in [-0.3, -0.25) is 14.5 Å². The first-order chi connectivity index (χ1) is 15.9. The Bertz CT molecular complexity index is 1250. The van der Waals surface area contributed by atoms with E-state index >= 15 is 0 Å². The van der Waals surface area contributed by atoms with Crippen LogP contribution in [-0.4, -0.2) is 22.7 Å². The molecule has 0 aliphatic carbocycles. The third-order valence-corrected chi connectivity index (χ3v) is 6.41. The molecule has 0 saturated carbocycles. The number of nitrogens with zero attached hydrogens (tertiary/aromatic N) is 1. The number of thioether (sulfide) groups is 1. The van der Waals surface area contributed by atoms with Crippen molar-refractivity contribution in [2.45, 2.75) is 0 Å². The molecular weight excluding hydrogens is 499 g/mol. The van der Waals surface area contributed by atoms with Crippen LogP contribution < -0.4 is 15.0 Å². The molecule has 2 amide bonds. The minimum absolute atomic E-state index is 0.158. The zero-order valence-corrected chi connectivity index (χ0v) is 20.1. The Morgan fingerprint density at radius 1 is 1.06 bits per heavy atom. The van der Waals surface area contributed by atoms with E-state index in [1.54, 1.807) is 48.5 Å². The largest absolute Gasteiger partial charge is 0.484 e. The SMILES string of the molecule is O=C(COc1ccc(/C=C2\SC(=S)N(c3ccccc3)C2=O)cc1)Nc1ccc(Cl)cc1Cl. The molecule has 1 N–H and O–H groups in total. The second-order valence-corrected chi connectivity index (χ2v) is 9.40. The third kappa shape index (κ3) is 5.75. The van der Waals surface area contributed by atoms with Crippen LogP contribution >= 0.6 is 47.2 Å². The van der Waals surface area contributed by atoms with Gasteiger partial charge in [0.15, 0.2) is 10.9 Å².